The summed E-state index contributed by atoms with van der Waals surface area (Å²) in [4.78, 5) is 1.58. The normalized spacial score (nSPS) is 18.7. The number of aryl methyl sites for hydroxylation is 1. The molecule has 1 nitrogen and oxygen atoms in total. The van der Waals surface area contributed by atoms with E-state index in [1.54, 1.807) is 10.4 Å². The van der Waals surface area contributed by atoms with Gasteiger partial charge in [-0.05, 0) is 49.2 Å². The quantitative estimate of drug-likeness (QED) is 0.782. The Labute approximate surface area is 110 Å². The van der Waals surface area contributed by atoms with E-state index in [1.807, 2.05) is 11.3 Å². The van der Waals surface area contributed by atoms with Gasteiger partial charge < -0.3 is 5.32 Å². The first-order valence-electron chi connectivity index (χ1n) is 7.08. The molecule has 1 heterocycles. The van der Waals surface area contributed by atoms with Crippen LogP contribution < -0.4 is 5.32 Å². The molecule has 1 atom stereocenters. The van der Waals surface area contributed by atoms with Gasteiger partial charge in [-0.2, -0.15) is 0 Å². The van der Waals surface area contributed by atoms with Crippen molar-refractivity contribution in [1.29, 1.82) is 0 Å². The van der Waals surface area contributed by atoms with E-state index in [0.717, 1.165) is 5.92 Å². The molecule has 0 bridgehead atoms. The molecule has 1 aromatic rings. The summed E-state index contributed by atoms with van der Waals surface area (Å²) in [6.45, 7) is 2.26. The van der Waals surface area contributed by atoms with Crippen molar-refractivity contribution in [2.24, 2.45) is 5.92 Å². The molecule has 0 aliphatic heterocycles. The fourth-order valence-corrected chi connectivity index (χ4v) is 4.20. The Kier molecular flexibility index (Phi) is 5.05. The van der Waals surface area contributed by atoms with Gasteiger partial charge in [0, 0.05) is 10.9 Å². The lowest BCUT2D eigenvalue weighted by atomic mass is 9.96. The topological polar surface area (TPSA) is 12.0 Å². The van der Waals surface area contributed by atoms with Crippen molar-refractivity contribution in [3.8, 4) is 0 Å². The average molecular weight is 251 g/mol. The third kappa shape index (κ3) is 3.32. The smallest absolute Gasteiger partial charge is 0.0415 e. The number of hydrogen-bond donors (Lipinski definition) is 1. The lowest BCUT2D eigenvalue weighted by molar-refractivity contribution is 0.429. The second kappa shape index (κ2) is 6.55. The average Bonchev–Trinajstić information content (AvgIpc) is 3.00. The molecule has 1 saturated carbocycles. The first-order valence-corrected chi connectivity index (χ1v) is 7.96. The molecule has 1 N–H and O–H groups in total. The summed E-state index contributed by atoms with van der Waals surface area (Å²) in [6.07, 6.45) is 9.77. The van der Waals surface area contributed by atoms with Gasteiger partial charge in [-0.15, -0.1) is 11.3 Å². The van der Waals surface area contributed by atoms with Crippen molar-refractivity contribution in [3.63, 3.8) is 0 Å². The number of hydrogen-bond acceptors (Lipinski definition) is 2. The predicted molar refractivity (Wildman–Crippen MR) is 76.7 cm³/mol. The second-order valence-electron chi connectivity index (χ2n) is 5.23. The zero-order chi connectivity index (χ0) is 12.1. The van der Waals surface area contributed by atoms with Crippen molar-refractivity contribution in [1.82, 2.24) is 5.32 Å². The molecule has 0 radical (unpaired) electrons. The van der Waals surface area contributed by atoms with E-state index in [2.05, 4.69) is 30.7 Å². The molecule has 1 unspecified atom stereocenters. The molecular weight excluding hydrogens is 226 g/mol. The summed E-state index contributed by atoms with van der Waals surface area (Å²) in [6, 6.07) is 2.88. The minimum absolute atomic E-state index is 0.588. The molecule has 1 aromatic heterocycles. The van der Waals surface area contributed by atoms with Crippen molar-refractivity contribution in [2.75, 3.05) is 7.05 Å². The highest BCUT2D eigenvalue weighted by Crippen LogP contribution is 2.33. The standard InChI is InChI=1S/C15H25NS/c1-3-13-10-11-17-15(13)14(16-2)9-8-12-6-4-5-7-12/h10-12,14,16H,3-9H2,1-2H3. The zero-order valence-corrected chi connectivity index (χ0v) is 12.0. The fourth-order valence-electron chi connectivity index (χ4n) is 3.05. The molecule has 1 fully saturated rings. The van der Waals surface area contributed by atoms with E-state index in [0.29, 0.717) is 6.04 Å². The van der Waals surface area contributed by atoms with Crippen LogP contribution in [0.5, 0.6) is 0 Å². The molecule has 17 heavy (non-hydrogen) atoms. The molecule has 1 aliphatic carbocycles. The summed E-state index contributed by atoms with van der Waals surface area (Å²) in [5.41, 5.74) is 1.54. The van der Waals surface area contributed by atoms with Crippen molar-refractivity contribution >= 4 is 11.3 Å². The second-order valence-corrected chi connectivity index (χ2v) is 6.18. The minimum atomic E-state index is 0.588. The highest BCUT2D eigenvalue weighted by Gasteiger charge is 2.19. The number of rotatable bonds is 6. The van der Waals surface area contributed by atoms with E-state index < -0.39 is 0 Å². The molecule has 96 valence electrons. The lowest BCUT2D eigenvalue weighted by Gasteiger charge is -2.18. The largest absolute Gasteiger partial charge is 0.312 e. The van der Waals surface area contributed by atoms with Gasteiger partial charge in [0.1, 0.15) is 0 Å². The predicted octanol–water partition coefficient (Wildman–Crippen LogP) is 4.54. The molecule has 2 heteroatoms. The van der Waals surface area contributed by atoms with Gasteiger partial charge in [-0.25, -0.2) is 0 Å². The van der Waals surface area contributed by atoms with Crippen LogP contribution in [0.25, 0.3) is 0 Å². The van der Waals surface area contributed by atoms with Crippen LogP contribution in [0.2, 0.25) is 0 Å². The van der Waals surface area contributed by atoms with Crippen LogP contribution in [-0.2, 0) is 6.42 Å². The van der Waals surface area contributed by atoms with Crippen LogP contribution >= 0.6 is 11.3 Å². The van der Waals surface area contributed by atoms with Gasteiger partial charge in [0.2, 0.25) is 0 Å². The molecule has 0 spiro atoms. The van der Waals surface area contributed by atoms with E-state index in [9.17, 15) is 0 Å². The highest BCUT2D eigenvalue weighted by molar-refractivity contribution is 7.10. The molecule has 0 amide bonds. The minimum Gasteiger partial charge on any atom is -0.312 e. The zero-order valence-electron chi connectivity index (χ0n) is 11.2. The monoisotopic (exact) mass is 251 g/mol. The van der Waals surface area contributed by atoms with E-state index in [4.69, 9.17) is 0 Å². The van der Waals surface area contributed by atoms with Crippen LogP contribution in [0.3, 0.4) is 0 Å². The summed E-state index contributed by atoms with van der Waals surface area (Å²) < 4.78 is 0. The van der Waals surface area contributed by atoms with Crippen LogP contribution in [0, 0.1) is 5.92 Å². The Balaban J connectivity index is 1.91. The van der Waals surface area contributed by atoms with Gasteiger partial charge >= 0.3 is 0 Å². The third-order valence-electron chi connectivity index (χ3n) is 4.16. The molecular formula is C15H25NS. The van der Waals surface area contributed by atoms with Crippen molar-refractivity contribution in [3.05, 3.63) is 21.9 Å². The maximum atomic E-state index is 3.51. The SMILES string of the molecule is CCc1ccsc1C(CCC1CCCC1)NC. The van der Waals surface area contributed by atoms with Crippen LogP contribution in [0.1, 0.15) is 61.9 Å². The Morgan fingerprint density at radius 1 is 1.41 bits per heavy atom. The highest BCUT2D eigenvalue weighted by atomic mass is 32.1. The third-order valence-corrected chi connectivity index (χ3v) is 5.24. The Bertz CT molecular complexity index is 325. The van der Waals surface area contributed by atoms with Gasteiger partial charge in [0.15, 0.2) is 0 Å². The van der Waals surface area contributed by atoms with Crippen molar-refractivity contribution < 1.29 is 0 Å². The van der Waals surface area contributed by atoms with E-state index >= 15 is 0 Å². The first kappa shape index (κ1) is 13.1. The number of thiophene rings is 1. The molecule has 0 saturated heterocycles. The summed E-state index contributed by atoms with van der Waals surface area (Å²) >= 11 is 1.93. The maximum Gasteiger partial charge on any atom is 0.0415 e. The Morgan fingerprint density at radius 3 is 2.82 bits per heavy atom. The summed E-state index contributed by atoms with van der Waals surface area (Å²) in [7, 11) is 2.11. The fraction of sp³-hybridized carbons (Fsp3) is 0.733. The van der Waals surface area contributed by atoms with Crippen LogP contribution in [0.4, 0.5) is 0 Å². The summed E-state index contributed by atoms with van der Waals surface area (Å²) in [5, 5.41) is 5.76. The summed E-state index contributed by atoms with van der Waals surface area (Å²) in [5.74, 6) is 1.01. The van der Waals surface area contributed by atoms with Gasteiger partial charge in [-0.3, -0.25) is 0 Å². The van der Waals surface area contributed by atoms with Crippen molar-refractivity contribution in [2.45, 2.75) is 57.9 Å². The first-order chi connectivity index (χ1) is 8.35. The van der Waals surface area contributed by atoms with E-state index in [1.165, 1.54) is 44.9 Å². The molecule has 0 aromatic carbocycles. The Hall–Kier alpha value is -0.340. The molecule has 2 rings (SSSR count). The van der Waals surface area contributed by atoms with Crippen LogP contribution in [0.15, 0.2) is 11.4 Å². The van der Waals surface area contributed by atoms with Gasteiger partial charge in [-0.1, -0.05) is 32.6 Å². The maximum absolute atomic E-state index is 3.51. The lowest BCUT2D eigenvalue weighted by Crippen LogP contribution is -2.17. The van der Waals surface area contributed by atoms with E-state index in [-0.39, 0.29) is 0 Å². The number of nitrogens with one attached hydrogen (secondary N) is 1. The van der Waals surface area contributed by atoms with Crippen LogP contribution in [-0.4, -0.2) is 7.05 Å². The molecule has 1 aliphatic rings. The Morgan fingerprint density at radius 2 is 2.18 bits per heavy atom. The van der Waals surface area contributed by atoms with Gasteiger partial charge in [0.05, 0.1) is 0 Å². The van der Waals surface area contributed by atoms with Gasteiger partial charge in [0.25, 0.3) is 0 Å².